The van der Waals surface area contributed by atoms with E-state index in [4.69, 9.17) is 12.2 Å². The lowest BCUT2D eigenvalue weighted by Gasteiger charge is -1.93. The average Bonchev–Trinajstić information content (AvgIpc) is 2.46. The van der Waals surface area contributed by atoms with E-state index in [1.54, 1.807) is 0 Å². The molecule has 2 heteroatoms. The van der Waals surface area contributed by atoms with Gasteiger partial charge in [-0.3, -0.25) is 0 Å². The van der Waals surface area contributed by atoms with Crippen molar-refractivity contribution in [2.75, 3.05) is 0 Å². The minimum atomic E-state index is 0.881. The van der Waals surface area contributed by atoms with Crippen LogP contribution in [0.5, 0.6) is 0 Å². The Morgan fingerprint density at radius 1 is 1.17 bits per heavy atom. The Kier molecular flexibility index (Phi) is 1.70. The highest BCUT2D eigenvalue weighted by Gasteiger charge is 1.96. The van der Waals surface area contributed by atoms with E-state index in [0.29, 0.717) is 0 Å². The monoisotopic (exact) mass is 175 g/mol. The van der Waals surface area contributed by atoms with Gasteiger partial charge in [-0.05, 0) is 17.7 Å². The third-order valence-corrected chi connectivity index (χ3v) is 2.13. The zero-order valence-corrected chi connectivity index (χ0v) is 7.64. The molecule has 2 aromatic rings. The fourth-order valence-corrected chi connectivity index (χ4v) is 1.37. The first kappa shape index (κ1) is 7.50. The predicted molar refractivity (Wildman–Crippen MR) is 55.6 cm³/mol. The van der Waals surface area contributed by atoms with E-state index in [9.17, 15) is 0 Å². The highest BCUT2D eigenvalue weighted by molar-refractivity contribution is 7.80. The Bertz CT molecular complexity index is 395. The van der Waals surface area contributed by atoms with E-state index >= 15 is 0 Å². The average molecular weight is 175 g/mol. The van der Waals surface area contributed by atoms with Crippen LogP contribution in [0.15, 0.2) is 36.7 Å². The summed E-state index contributed by atoms with van der Waals surface area (Å²) in [6.45, 7) is 1.92. The van der Waals surface area contributed by atoms with E-state index in [2.05, 4.69) is 24.5 Å². The molecule has 0 amide bonds. The van der Waals surface area contributed by atoms with Crippen molar-refractivity contribution in [1.82, 2.24) is 4.57 Å². The molecule has 1 heterocycles. The van der Waals surface area contributed by atoms with Crippen LogP contribution >= 0.6 is 12.2 Å². The third-order valence-electron chi connectivity index (χ3n) is 1.92. The Morgan fingerprint density at radius 2 is 1.67 bits per heavy atom. The van der Waals surface area contributed by atoms with Crippen molar-refractivity contribution in [2.24, 2.45) is 0 Å². The lowest BCUT2D eigenvalue weighted by atomic mass is 10.2. The molecule has 0 aliphatic carbocycles. The first-order valence-corrected chi connectivity index (χ1v) is 4.26. The van der Waals surface area contributed by atoms with Crippen molar-refractivity contribution >= 4 is 28.0 Å². The van der Waals surface area contributed by atoms with Crippen molar-refractivity contribution in [3.05, 3.63) is 36.7 Å². The summed E-state index contributed by atoms with van der Waals surface area (Å²) in [6, 6.07) is 8.24. The Balaban J connectivity index is 2.70. The second kappa shape index (κ2) is 2.72. The molecule has 0 N–H and O–H groups in total. The minimum absolute atomic E-state index is 0.881. The quantitative estimate of drug-likeness (QED) is 0.557. The van der Waals surface area contributed by atoms with Gasteiger partial charge in [0.25, 0.3) is 0 Å². The molecular formula is C10H9NS. The Hall–Kier alpha value is -1.15. The molecule has 0 spiro atoms. The summed E-state index contributed by atoms with van der Waals surface area (Å²) < 4.78 is 1.97. The summed E-state index contributed by atoms with van der Waals surface area (Å²) in [5.74, 6) is 0. The summed E-state index contributed by atoms with van der Waals surface area (Å²) in [4.78, 5) is 0.881. The number of fused-ring (bicyclic) bond motifs is 1. The largest absolute Gasteiger partial charge is 0.317 e. The molecule has 0 aliphatic heterocycles. The highest BCUT2D eigenvalue weighted by atomic mass is 32.1. The van der Waals surface area contributed by atoms with E-state index in [1.807, 2.05) is 23.6 Å². The van der Waals surface area contributed by atoms with Gasteiger partial charge < -0.3 is 4.57 Å². The van der Waals surface area contributed by atoms with Crippen LogP contribution in [0.4, 0.5) is 0 Å². The lowest BCUT2D eigenvalue weighted by molar-refractivity contribution is 1.19. The SMILES string of the molecule is CC(=S)n1cc2ccccc2c1. The fraction of sp³-hybridized carbons (Fsp3) is 0.100. The maximum Gasteiger partial charge on any atom is 0.0828 e. The highest BCUT2D eigenvalue weighted by Crippen LogP contribution is 2.14. The van der Waals surface area contributed by atoms with Gasteiger partial charge in [0.2, 0.25) is 0 Å². The van der Waals surface area contributed by atoms with Crippen LogP contribution in [0.1, 0.15) is 6.92 Å². The topological polar surface area (TPSA) is 4.93 Å². The molecule has 0 fully saturated rings. The van der Waals surface area contributed by atoms with Gasteiger partial charge in [0.15, 0.2) is 0 Å². The number of hydrogen-bond donors (Lipinski definition) is 0. The van der Waals surface area contributed by atoms with Gasteiger partial charge >= 0.3 is 0 Å². The van der Waals surface area contributed by atoms with Gasteiger partial charge in [-0.25, -0.2) is 0 Å². The number of rotatable bonds is 0. The van der Waals surface area contributed by atoms with Gasteiger partial charge in [0.05, 0.1) is 4.99 Å². The van der Waals surface area contributed by atoms with Crippen LogP contribution in [-0.4, -0.2) is 9.56 Å². The van der Waals surface area contributed by atoms with Crippen LogP contribution in [-0.2, 0) is 0 Å². The first-order chi connectivity index (χ1) is 5.77. The van der Waals surface area contributed by atoms with Gasteiger partial charge in [0.1, 0.15) is 0 Å². The third kappa shape index (κ3) is 1.14. The van der Waals surface area contributed by atoms with Gasteiger partial charge in [-0.2, -0.15) is 0 Å². The molecule has 0 atom stereocenters. The summed E-state index contributed by atoms with van der Waals surface area (Å²) in [7, 11) is 0. The van der Waals surface area contributed by atoms with Crippen molar-refractivity contribution < 1.29 is 0 Å². The maximum atomic E-state index is 5.07. The molecule has 0 aliphatic rings. The van der Waals surface area contributed by atoms with E-state index < -0.39 is 0 Å². The summed E-state index contributed by atoms with van der Waals surface area (Å²) in [5.41, 5.74) is 0. The maximum absolute atomic E-state index is 5.07. The van der Waals surface area contributed by atoms with E-state index in [1.165, 1.54) is 10.8 Å². The van der Waals surface area contributed by atoms with Crippen molar-refractivity contribution in [2.45, 2.75) is 6.92 Å². The lowest BCUT2D eigenvalue weighted by Crippen LogP contribution is -1.98. The van der Waals surface area contributed by atoms with Crippen molar-refractivity contribution in [1.29, 1.82) is 0 Å². The summed E-state index contributed by atoms with van der Waals surface area (Å²) in [6.07, 6.45) is 4.11. The number of nitrogens with zero attached hydrogens (tertiary/aromatic N) is 1. The first-order valence-electron chi connectivity index (χ1n) is 3.85. The molecule has 2 rings (SSSR count). The number of aromatic nitrogens is 1. The smallest absolute Gasteiger partial charge is 0.0828 e. The Labute approximate surface area is 76.6 Å². The summed E-state index contributed by atoms with van der Waals surface area (Å²) >= 11 is 5.07. The number of hydrogen-bond acceptors (Lipinski definition) is 1. The molecule has 1 aromatic heterocycles. The standard InChI is InChI=1S/C10H9NS/c1-8(12)11-6-9-4-2-3-5-10(9)7-11/h2-7H,1H3. The molecule has 0 bridgehead atoms. The van der Waals surface area contributed by atoms with E-state index in [0.717, 1.165) is 4.99 Å². The molecule has 1 aromatic carbocycles. The second-order valence-corrected chi connectivity index (χ2v) is 3.40. The minimum Gasteiger partial charge on any atom is -0.317 e. The molecular weight excluding hydrogens is 166 g/mol. The molecule has 0 saturated carbocycles. The van der Waals surface area contributed by atoms with E-state index in [-0.39, 0.29) is 0 Å². The Morgan fingerprint density at radius 3 is 2.08 bits per heavy atom. The molecule has 1 nitrogen and oxygen atoms in total. The summed E-state index contributed by atoms with van der Waals surface area (Å²) in [5, 5.41) is 2.48. The second-order valence-electron chi connectivity index (χ2n) is 2.81. The molecule has 0 unspecified atom stereocenters. The van der Waals surface area contributed by atoms with Crippen molar-refractivity contribution in [3.8, 4) is 0 Å². The van der Waals surface area contributed by atoms with Crippen LogP contribution in [0.3, 0.4) is 0 Å². The van der Waals surface area contributed by atoms with Crippen LogP contribution < -0.4 is 0 Å². The zero-order chi connectivity index (χ0) is 8.55. The van der Waals surface area contributed by atoms with Crippen LogP contribution in [0, 0.1) is 0 Å². The predicted octanol–water partition coefficient (Wildman–Crippen LogP) is 2.84. The van der Waals surface area contributed by atoms with Gasteiger partial charge in [0, 0.05) is 12.4 Å². The van der Waals surface area contributed by atoms with Gasteiger partial charge in [-0.15, -0.1) is 0 Å². The van der Waals surface area contributed by atoms with Gasteiger partial charge in [-0.1, -0.05) is 36.5 Å². The fourth-order valence-electron chi connectivity index (χ4n) is 1.26. The number of thiocarbonyl (C=S) groups is 1. The molecule has 0 radical (unpaired) electrons. The molecule has 60 valence electrons. The normalized spacial score (nSPS) is 10.4. The molecule has 12 heavy (non-hydrogen) atoms. The molecule has 0 saturated heterocycles. The van der Waals surface area contributed by atoms with Crippen molar-refractivity contribution in [3.63, 3.8) is 0 Å². The number of benzene rings is 1. The van der Waals surface area contributed by atoms with Crippen LogP contribution in [0.2, 0.25) is 0 Å². The zero-order valence-electron chi connectivity index (χ0n) is 6.82. The van der Waals surface area contributed by atoms with Crippen LogP contribution in [0.25, 0.3) is 10.8 Å².